The Labute approximate surface area is 129 Å². The number of hydrogen-bond donors (Lipinski definition) is 0. The maximum absolute atomic E-state index is 12.0. The molecule has 0 spiro atoms. The van der Waals surface area contributed by atoms with Crippen LogP contribution in [-0.2, 0) is 10.0 Å². The van der Waals surface area contributed by atoms with Crippen LogP contribution in [0, 0.1) is 6.92 Å². The fourth-order valence-electron chi connectivity index (χ4n) is 2.26. The van der Waals surface area contributed by atoms with Gasteiger partial charge in [-0.2, -0.15) is 13.5 Å². The SMILES string of the molecule is Cc1ccccc1C=NN(C)C1=NS(=O)(=O)c2ccccc21. The van der Waals surface area contributed by atoms with Gasteiger partial charge in [-0.1, -0.05) is 36.4 Å². The first-order valence-corrected chi connectivity index (χ1v) is 8.21. The van der Waals surface area contributed by atoms with Gasteiger partial charge >= 0.3 is 0 Å². The quantitative estimate of drug-likeness (QED) is 0.632. The minimum absolute atomic E-state index is 0.225. The van der Waals surface area contributed by atoms with Crippen LogP contribution in [-0.4, -0.2) is 32.5 Å². The molecule has 0 fully saturated rings. The lowest BCUT2D eigenvalue weighted by Gasteiger charge is -2.12. The zero-order valence-corrected chi connectivity index (χ0v) is 13.1. The Bertz CT molecular complexity index is 886. The molecule has 22 heavy (non-hydrogen) atoms. The zero-order chi connectivity index (χ0) is 15.7. The van der Waals surface area contributed by atoms with Gasteiger partial charge < -0.3 is 0 Å². The van der Waals surface area contributed by atoms with Crippen LogP contribution in [0.4, 0.5) is 0 Å². The van der Waals surface area contributed by atoms with Gasteiger partial charge in [0.05, 0.1) is 6.21 Å². The molecule has 2 aromatic rings. The van der Waals surface area contributed by atoms with Gasteiger partial charge in [0.15, 0.2) is 5.84 Å². The van der Waals surface area contributed by atoms with E-state index in [2.05, 4.69) is 9.50 Å². The summed E-state index contributed by atoms with van der Waals surface area (Å²) in [5.74, 6) is 0.334. The molecule has 1 aliphatic heterocycles. The second-order valence-corrected chi connectivity index (χ2v) is 6.58. The van der Waals surface area contributed by atoms with E-state index in [1.807, 2.05) is 31.2 Å². The van der Waals surface area contributed by atoms with Crippen molar-refractivity contribution in [2.45, 2.75) is 11.8 Å². The number of sulfonamides is 1. The normalized spacial score (nSPS) is 15.6. The largest absolute Gasteiger partial charge is 0.285 e. The van der Waals surface area contributed by atoms with E-state index in [4.69, 9.17) is 0 Å². The number of rotatable bonds is 2. The fraction of sp³-hybridized carbons (Fsp3) is 0.125. The van der Waals surface area contributed by atoms with E-state index in [0.717, 1.165) is 11.1 Å². The summed E-state index contributed by atoms with van der Waals surface area (Å²) in [6.07, 6.45) is 1.70. The summed E-state index contributed by atoms with van der Waals surface area (Å²) < 4.78 is 27.9. The van der Waals surface area contributed by atoms with Crippen LogP contribution >= 0.6 is 0 Å². The van der Waals surface area contributed by atoms with Crippen molar-refractivity contribution in [2.24, 2.45) is 9.50 Å². The van der Waals surface area contributed by atoms with Crippen LogP contribution in [0.15, 0.2) is 62.9 Å². The smallest absolute Gasteiger partial charge is 0.250 e. The van der Waals surface area contributed by atoms with Crippen molar-refractivity contribution >= 4 is 22.1 Å². The molecule has 0 atom stereocenters. The Kier molecular flexibility index (Phi) is 3.54. The molecule has 0 aliphatic carbocycles. The van der Waals surface area contributed by atoms with Crippen molar-refractivity contribution in [3.8, 4) is 0 Å². The van der Waals surface area contributed by atoms with Crippen LogP contribution < -0.4 is 0 Å². The van der Waals surface area contributed by atoms with Crippen molar-refractivity contribution in [1.82, 2.24) is 5.01 Å². The van der Waals surface area contributed by atoms with E-state index in [1.54, 1.807) is 37.5 Å². The number of hydrazone groups is 1. The Morgan fingerprint density at radius 2 is 1.77 bits per heavy atom. The number of amidine groups is 1. The molecule has 0 saturated carbocycles. The summed E-state index contributed by atoms with van der Waals surface area (Å²) >= 11 is 0. The third kappa shape index (κ3) is 2.53. The molecule has 1 aliphatic rings. The Hall–Kier alpha value is -2.47. The maximum atomic E-state index is 12.0. The lowest BCUT2D eigenvalue weighted by Crippen LogP contribution is -2.21. The van der Waals surface area contributed by atoms with Gasteiger partial charge in [-0.25, -0.2) is 5.01 Å². The number of benzene rings is 2. The molecule has 5 nitrogen and oxygen atoms in total. The van der Waals surface area contributed by atoms with Crippen molar-refractivity contribution in [1.29, 1.82) is 0 Å². The monoisotopic (exact) mass is 313 g/mol. The van der Waals surface area contributed by atoms with E-state index in [1.165, 1.54) is 5.01 Å². The third-order valence-corrected chi connectivity index (χ3v) is 4.80. The number of hydrogen-bond acceptors (Lipinski definition) is 4. The van der Waals surface area contributed by atoms with E-state index in [-0.39, 0.29) is 4.90 Å². The topological polar surface area (TPSA) is 62.1 Å². The predicted octanol–water partition coefficient (Wildman–Crippen LogP) is 2.41. The van der Waals surface area contributed by atoms with E-state index in [9.17, 15) is 8.42 Å². The van der Waals surface area contributed by atoms with Crippen molar-refractivity contribution in [3.63, 3.8) is 0 Å². The van der Waals surface area contributed by atoms with E-state index in [0.29, 0.717) is 11.4 Å². The molecule has 1 heterocycles. The van der Waals surface area contributed by atoms with E-state index < -0.39 is 10.0 Å². The lowest BCUT2D eigenvalue weighted by atomic mass is 10.1. The number of nitrogens with zero attached hydrogens (tertiary/aromatic N) is 3. The van der Waals surface area contributed by atoms with Gasteiger partial charge in [0.25, 0.3) is 10.0 Å². The summed E-state index contributed by atoms with van der Waals surface area (Å²) in [4.78, 5) is 0.225. The number of fused-ring (bicyclic) bond motifs is 1. The average Bonchev–Trinajstić information content (AvgIpc) is 2.79. The summed E-state index contributed by atoms with van der Waals surface area (Å²) in [6, 6.07) is 14.6. The van der Waals surface area contributed by atoms with Crippen molar-refractivity contribution in [3.05, 3.63) is 65.2 Å². The van der Waals surface area contributed by atoms with Crippen LogP contribution in [0.3, 0.4) is 0 Å². The standard InChI is InChI=1S/C16H15N3O2S/c1-12-7-3-4-8-13(12)11-17-19(2)16-14-9-5-6-10-15(14)22(20,21)18-16/h3-11H,1-2H3. The molecule has 112 valence electrons. The van der Waals surface area contributed by atoms with Crippen LogP contribution in [0.25, 0.3) is 0 Å². The van der Waals surface area contributed by atoms with Gasteiger partial charge in [0.1, 0.15) is 4.90 Å². The second-order valence-electron chi connectivity index (χ2n) is 5.01. The molecular weight excluding hydrogens is 298 g/mol. The number of aryl methyl sites for hydroxylation is 1. The second kappa shape index (κ2) is 5.38. The molecule has 2 aromatic carbocycles. The first-order chi connectivity index (χ1) is 10.5. The molecule has 0 amide bonds. The average molecular weight is 313 g/mol. The molecule has 3 rings (SSSR count). The summed E-state index contributed by atoms with van der Waals surface area (Å²) in [5, 5.41) is 5.80. The first kappa shape index (κ1) is 14.5. The molecule has 0 unspecified atom stereocenters. The third-order valence-electron chi connectivity index (χ3n) is 3.48. The highest BCUT2D eigenvalue weighted by atomic mass is 32.2. The van der Waals surface area contributed by atoms with Crippen molar-refractivity contribution < 1.29 is 8.42 Å². The predicted molar refractivity (Wildman–Crippen MR) is 86.7 cm³/mol. The van der Waals surface area contributed by atoms with Gasteiger partial charge in [-0.3, -0.25) is 0 Å². The highest BCUT2D eigenvalue weighted by Gasteiger charge is 2.30. The summed E-state index contributed by atoms with van der Waals surface area (Å²) in [6.45, 7) is 1.99. The minimum Gasteiger partial charge on any atom is -0.250 e. The lowest BCUT2D eigenvalue weighted by molar-refractivity contribution is 0.549. The van der Waals surface area contributed by atoms with Crippen molar-refractivity contribution in [2.75, 3.05) is 7.05 Å². The van der Waals surface area contributed by atoms with Crippen LogP contribution in [0.2, 0.25) is 0 Å². The van der Waals surface area contributed by atoms with Gasteiger partial charge in [-0.15, -0.1) is 4.40 Å². The van der Waals surface area contributed by atoms with Crippen LogP contribution in [0.1, 0.15) is 16.7 Å². The highest BCUT2D eigenvalue weighted by molar-refractivity contribution is 7.90. The Balaban J connectivity index is 1.94. The summed E-state index contributed by atoms with van der Waals surface area (Å²) in [5.41, 5.74) is 2.65. The highest BCUT2D eigenvalue weighted by Crippen LogP contribution is 2.26. The molecular formula is C16H15N3O2S. The molecule has 6 heteroatoms. The molecule has 0 saturated heterocycles. The zero-order valence-electron chi connectivity index (χ0n) is 12.3. The maximum Gasteiger partial charge on any atom is 0.285 e. The van der Waals surface area contributed by atoms with E-state index >= 15 is 0 Å². The van der Waals surface area contributed by atoms with Gasteiger partial charge in [0.2, 0.25) is 0 Å². The molecule has 0 radical (unpaired) electrons. The minimum atomic E-state index is -3.62. The van der Waals surface area contributed by atoms with Crippen LogP contribution in [0.5, 0.6) is 0 Å². The molecule has 0 N–H and O–H groups in total. The summed E-state index contributed by atoms with van der Waals surface area (Å²) in [7, 11) is -1.93. The molecule has 0 aromatic heterocycles. The Morgan fingerprint density at radius 1 is 1.09 bits per heavy atom. The first-order valence-electron chi connectivity index (χ1n) is 6.77. The van der Waals surface area contributed by atoms with Gasteiger partial charge in [-0.05, 0) is 30.2 Å². The molecule has 0 bridgehead atoms. The van der Waals surface area contributed by atoms with Gasteiger partial charge in [0, 0.05) is 12.6 Å². The fourth-order valence-corrected chi connectivity index (χ4v) is 3.49. The Morgan fingerprint density at radius 3 is 2.55 bits per heavy atom.